The molecule has 0 aliphatic carbocycles. The van der Waals surface area contributed by atoms with Crippen molar-refractivity contribution in [2.75, 3.05) is 20.1 Å². The third kappa shape index (κ3) is 3.32. The second-order valence-electron chi connectivity index (χ2n) is 7.13. The van der Waals surface area contributed by atoms with Gasteiger partial charge in [-0.1, -0.05) is 12.1 Å². The zero-order valence-electron chi connectivity index (χ0n) is 14.9. The van der Waals surface area contributed by atoms with Gasteiger partial charge in [0.2, 0.25) is 0 Å². The van der Waals surface area contributed by atoms with Crippen molar-refractivity contribution in [2.24, 2.45) is 13.0 Å². The van der Waals surface area contributed by atoms with E-state index in [9.17, 15) is 0 Å². The average Bonchev–Trinajstić information content (AvgIpc) is 3.23. The molecule has 0 spiro atoms. The van der Waals surface area contributed by atoms with E-state index in [0.29, 0.717) is 12.0 Å². The van der Waals surface area contributed by atoms with Crippen molar-refractivity contribution in [1.82, 2.24) is 30.2 Å². The first kappa shape index (κ1) is 16.3. The number of hydrogen-bond donors (Lipinski definition) is 2. The second kappa shape index (κ2) is 6.98. The lowest BCUT2D eigenvalue weighted by molar-refractivity contribution is 0.113. The number of aromatic amines is 1. The molecule has 0 bridgehead atoms. The molecule has 1 aliphatic rings. The summed E-state index contributed by atoms with van der Waals surface area (Å²) in [5.74, 6) is 0.602. The molecule has 25 heavy (non-hydrogen) atoms. The monoisotopic (exact) mass is 338 g/mol. The standard InChI is InChI=1S/C19H26N6/c1-24-9-3-4-16(19(24)18-7-8-22-25(18)2)12-20-11-14-5-6-15-13-21-23-17(15)10-14/h5-8,10,13,16,19-20H,3-4,9,11-12H2,1-2H3,(H,21,23)/t16-,19+/m0/s1. The summed E-state index contributed by atoms with van der Waals surface area (Å²) in [6.45, 7) is 3.05. The van der Waals surface area contributed by atoms with E-state index in [1.165, 1.54) is 24.1 Å². The maximum absolute atomic E-state index is 4.37. The van der Waals surface area contributed by atoms with E-state index in [1.807, 2.05) is 24.1 Å². The Balaban J connectivity index is 1.42. The van der Waals surface area contributed by atoms with Gasteiger partial charge in [0.05, 0.1) is 23.4 Å². The van der Waals surface area contributed by atoms with E-state index < -0.39 is 0 Å². The van der Waals surface area contributed by atoms with Crippen LogP contribution in [0, 0.1) is 5.92 Å². The number of fused-ring (bicyclic) bond motifs is 1. The van der Waals surface area contributed by atoms with Gasteiger partial charge in [-0.25, -0.2) is 0 Å². The highest BCUT2D eigenvalue weighted by Gasteiger charge is 2.31. The number of H-pyrrole nitrogens is 1. The Morgan fingerprint density at radius 2 is 2.20 bits per heavy atom. The highest BCUT2D eigenvalue weighted by atomic mass is 15.3. The molecule has 6 nitrogen and oxygen atoms in total. The maximum Gasteiger partial charge on any atom is 0.0653 e. The van der Waals surface area contributed by atoms with Crippen LogP contribution in [-0.2, 0) is 13.6 Å². The molecule has 2 atom stereocenters. The molecule has 1 fully saturated rings. The molecule has 0 radical (unpaired) electrons. The molecular formula is C19H26N6. The van der Waals surface area contributed by atoms with Gasteiger partial charge >= 0.3 is 0 Å². The molecule has 3 heterocycles. The van der Waals surface area contributed by atoms with Crippen LogP contribution in [0.4, 0.5) is 0 Å². The summed E-state index contributed by atoms with van der Waals surface area (Å²) in [5, 5.41) is 16.3. The lowest BCUT2D eigenvalue weighted by Crippen LogP contribution is -2.41. The van der Waals surface area contributed by atoms with Crippen molar-refractivity contribution in [3.8, 4) is 0 Å². The first-order valence-electron chi connectivity index (χ1n) is 9.03. The molecule has 132 valence electrons. The van der Waals surface area contributed by atoms with Crippen molar-refractivity contribution in [3.05, 3.63) is 47.9 Å². The van der Waals surface area contributed by atoms with Gasteiger partial charge in [-0.2, -0.15) is 10.2 Å². The molecule has 4 rings (SSSR count). The van der Waals surface area contributed by atoms with E-state index in [1.54, 1.807) is 0 Å². The third-order valence-corrected chi connectivity index (χ3v) is 5.41. The third-order valence-electron chi connectivity index (χ3n) is 5.41. The largest absolute Gasteiger partial charge is 0.312 e. The fourth-order valence-electron chi connectivity index (χ4n) is 4.11. The molecule has 3 aromatic rings. The number of aryl methyl sites for hydroxylation is 1. The molecule has 0 unspecified atom stereocenters. The maximum atomic E-state index is 4.37. The van der Waals surface area contributed by atoms with Crippen molar-refractivity contribution in [1.29, 1.82) is 0 Å². The first-order valence-corrected chi connectivity index (χ1v) is 9.03. The zero-order chi connectivity index (χ0) is 17.2. The van der Waals surface area contributed by atoms with Crippen LogP contribution in [0.1, 0.15) is 30.1 Å². The lowest BCUT2D eigenvalue weighted by Gasteiger charge is -2.39. The van der Waals surface area contributed by atoms with Crippen LogP contribution in [0.15, 0.2) is 36.7 Å². The van der Waals surface area contributed by atoms with E-state index >= 15 is 0 Å². The second-order valence-corrected chi connectivity index (χ2v) is 7.13. The van der Waals surface area contributed by atoms with Gasteiger partial charge in [0.1, 0.15) is 0 Å². The van der Waals surface area contributed by atoms with Crippen LogP contribution in [0.2, 0.25) is 0 Å². The molecule has 0 amide bonds. The number of likely N-dealkylation sites (tertiary alicyclic amines) is 1. The number of hydrogen-bond acceptors (Lipinski definition) is 4. The van der Waals surface area contributed by atoms with E-state index in [-0.39, 0.29) is 0 Å². The minimum atomic E-state index is 0.434. The quantitative estimate of drug-likeness (QED) is 0.750. The summed E-state index contributed by atoms with van der Waals surface area (Å²) in [6.07, 6.45) is 6.29. The number of nitrogens with zero attached hydrogens (tertiary/aromatic N) is 4. The van der Waals surface area contributed by atoms with Gasteiger partial charge < -0.3 is 5.32 Å². The Morgan fingerprint density at radius 3 is 3.04 bits per heavy atom. The van der Waals surface area contributed by atoms with Crippen LogP contribution >= 0.6 is 0 Å². The number of nitrogens with one attached hydrogen (secondary N) is 2. The zero-order valence-corrected chi connectivity index (χ0v) is 14.9. The van der Waals surface area contributed by atoms with Crippen molar-refractivity contribution in [3.63, 3.8) is 0 Å². The number of piperidine rings is 1. The van der Waals surface area contributed by atoms with Gasteiger partial charge in [0, 0.05) is 31.7 Å². The molecule has 1 saturated heterocycles. The SMILES string of the molecule is CN1CCC[C@@H](CNCc2ccc3cn[nH]c3c2)[C@@H]1c1ccnn1C. The van der Waals surface area contributed by atoms with Gasteiger partial charge in [-0.3, -0.25) is 14.7 Å². The highest BCUT2D eigenvalue weighted by molar-refractivity contribution is 5.78. The minimum Gasteiger partial charge on any atom is -0.312 e. The van der Waals surface area contributed by atoms with Crippen molar-refractivity contribution < 1.29 is 0 Å². The Hall–Kier alpha value is -2.18. The van der Waals surface area contributed by atoms with Crippen LogP contribution < -0.4 is 5.32 Å². The Morgan fingerprint density at radius 1 is 1.28 bits per heavy atom. The molecule has 2 N–H and O–H groups in total. The van der Waals surface area contributed by atoms with Gasteiger partial charge in [-0.15, -0.1) is 0 Å². The van der Waals surface area contributed by atoms with Crippen molar-refractivity contribution >= 4 is 10.9 Å². The Labute approximate surface area is 148 Å². The van der Waals surface area contributed by atoms with E-state index in [0.717, 1.165) is 30.5 Å². The van der Waals surface area contributed by atoms with Crippen LogP contribution in [0.3, 0.4) is 0 Å². The van der Waals surface area contributed by atoms with E-state index in [2.05, 4.69) is 56.8 Å². The van der Waals surface area contributed by atoms with E-state index in [4.69, 9.17) is 0 Å². The summed E-state index contributed by atoms with van der Waals surface area (Å²) < 4.78 is 2.02. The number of aromatic nitrogens is 4. The van der Waals surface area contributed by atoms with Gasteiger partial charge in [-0.05, 0) is 50.0 Å². The summed E-state index contributed by atoms with van der Waals surface area (Å²) in [7, 11) is 4.28. The van der Waals surface area contributed by atoms with Crippen molar-refractivity contribution in [2.45, 2.75) is 25.4 Å². The topological polar surface area (TPSA) is 61.8 Å². The smallest absolute Gasteiger partial charge is 0.0653 e. The lowest BCUT2D eigenvalue weighted by atomic mass is 9.87. The fourth-order valence-corrected chi connectivity index (χ4v) is 4.11. The number of benzene rings is 1. The average molecular weight is 338 g/mol. The van der Waals surface area contributed by atoms with Crippen LogP contribution in [0.5, 0.6) is 0 Å². The summed E-state index contributed by atoms with van der Waals surface area (Å²) in [4.78, 5) is 2.48. The predicted octanol–water partition coefficient (Wildman–Crippen LogP) is 2.47. The van der Waals surface area contributed by atoms with Crippen LogP contribution in [0.25, 0.3) is 10.9 Å². The van der Waals surface area contributed by atoms with Crippen LogP contribution in [-0.4, -0.2) is 45.0 Å². The summed E-state index contributed by atoms with van der Waals surface area (Å²) in [5.41, 5.74) is 3.70. The summed E-state index contributed by atoms with van der Waals surface area (Å²) >= 11 is 0. The molecular weight excluding hydrogens is 312 g/mol. The molecule has 2 aromatic heterocycles. The first-order chi connectivity index (χ1) is 12.2. The molecule has 0 saturated carbocycles. The molecule has 1 aromatic carbocycles. The molecule has 1 aliphatic heterocycles. The minimum absolute atomic E-state index is 0.434. The van der Waals surface area contributed by atoms with Gasteiger partial charge in [0.15, 0.2) is 0 Å². The Kier molecular flexibility index (Phi) is 4.55. The summed E-state index contributed by atoms with van der Waals surface area (Å²) in [6, 6.07) is 9.08. The predicted molar refractivity (Wildman–Crippen MR) is 99.1 cm³/mol. The Bertz CT molecular complexity index is 835. The van der Waals surface area contributed by atoms with Gasteiger partial charge in [0.25, 0.3) is 0 Å². The fraction of sp³-hybridized carbons (Fsp3) is 0.474. The normalized spacial score (nSPS) is 21.8. The highest BCUT2D eigenvalue weighted by Crippen LogP contribution is 2.34. The number of rotatable bonds is 5. The molecule has 6 heteroatoms.